The number of benzene rings is 4. The van der Waals surface area contributed by atoms with Crippen molar-refractivity contribution in [1.82, 2.24) is 4.57 Å². The second-order valence-electron chi connectivity index (χ2n) is 7.16. The summed E-state index contributed by atoms with van der Waals surface area (Å²) in [6.45, 7) is 2.06. The first-order valence-corrected chi connectivity index (χ1v) is 10.6. The molecule has 0 aliphatic rings. The van der Waals surface area contributed by atoms with Crippen LogP contribution in [0.25, 0.3) is 44.7 Å². The fraction of sp³-hybridized carbons (Fsp3) is 0.0370. The predicted octanol–water partition coefficient (Wildman–Crippen LogP) is 8.25. The monoisotopic (exact) mass is 437 g/mol. The van der Waals surface area contributed by atoms with E-state index in [4.69, 9.17) is 0 Å². The first-order chi connectivity index (χ1) is 14.3. The average molecular weight is 438 g/mol. The maximum absolute atomic E-state index is 3.71. The zero-order chi connectivity index (χ0) is 19.8. The van der Waals surface area contributed by atoms with Crippen molar-refractivity contribution >= 4 is 43.8 Å². The van der Waals surface area contributed by atoms with Crippen LogP contribution < -0.4 is 0 Å². The highest BCUT2D eigenvalue weighted by molar-refractivity contribution is 9.10. The van der Waals surface area contributed by atoms with Crippen molar-refractivity contribution in [3.05, 3.63) is 107 Å². The van der Waals surface area contributed by atoms with E-state index in [0.29, 0.717) is 0 Å². The summed E-state index contributed by atoms with van der Waals surface area (Å²) >= 11 is 3.71. The first kappa shape index (κ1) is 18.0. The normalized spacial score (nSPS) is 11.7. The fourth-order valence-electron chi connectivity index (χ4n) is 4.05. The number of nitrogens with zero attached hydrogens (tertiary/aromatic N) is 1. The van der Waals surface area contributed by atoms with Crippen LogP contribution in [0.15, 0.2) is 102 Å². The summed E-state index contributed by atoms with van der Waals surface area (Å²) in [4.78, 5) is 0. The number of fused-ring (bicyclic) bond motifs is 3. The SMILES string of the molecule is C/C=C/c1ccc2c3ccc(-c4ccccc4Br)cc3n(-c3ccccc3)c2c1. The second-order valence-corrected chi connectivity index (χ2v) is 8.01. The standard InChI is InChI=1S/C27H20BrN/c1-2-8-19-13-15-23-24-16-14-20(22-11-6-7-12-25(22)28)18-27(24)29(26(23)17-19)21-9-4-3-5-10-21/h2-18H,1H3/b8-2+. The molecule has 0 fully saturated rings. The molecule has 2 heteroatoms. The molecule has 0 amide bonds. The molecule has 29 heavy (non-hydrogen) atoms. The molecule has 5 rings (SSSR count). The van der Waals surface area contributed by atoms with Crippen LogP contribution in [0, 0.1) is 0 Å². The predicted molar refractivity (Wildman–Crippen MR) is 129 cm³/mol. The third-order valence-electron chi connectivity index (χ3n) is 5.35. The van der Waals surface area contributed by atoms with E-state index in [0.717, 1.165) is 4.47 Å². The van der Waals surface area contributed by atoms with Crippen LogP contribution in [-0.2, 0) is 0 Å². The lowest BCUT2D eigenvalue weighted by atomic mass is 10.0. The van der Waals surface area contributed by atoms with E-state index < -0.39 is 0 Å². The molecule has 0 atom stereocenters. The molecule has 1 nitrogen and oxygen atoms in total. The lowest BCUT2D eigenvalue weighted by Crippen LogP contribution is -1.93. The molecule has 0 saturated carbocycles. The van der Waals surface area contributed by atoms with Crippen LogP contribution in [0.1, 0.15) is 12.5 Å². The van der Waals surface area contributed by atoms with Crippen molar-refractivity contribution in [3.8, 4) is 16.8 Å². The van der Waals surface area contributed by atoms with Crippen LogP contribution in [0.3, 0.4) is 0 Å². The number of para-hydroxylation sites is 1. The van der Waals surface area contributed by atoms with Crippen molar-refractivity contribution in [2.45, 2.75) is 6.92 Å². The Morgan fingerprint density at radius 3 is 2.17 bits per heavy atom. The van der Waals surface area contributed by atoms with Gasteiger partial charge in [0.05, 0.1) is 11.0 Å². The number of aromatic nitrogens is 1. The average Bonchev–Trinajstić information content (AvgIpc) is 3.08. The molecular formula is C27H20BrN. The number of halogens is 1. The van der Waals surface area contributed by atoms with E-state index in [9.17, 15) is 0 Å². The Labute approximate surface area is 179 Å². The second kappa shape index (κ2) is 7.38. The van der Waals surface area contributed by atoms with Gasteiger partial charge in [0.15, 0.2) is 0 Å². The number of hydrogen-bond donors (Lipinski definition) is 0. The van der Waals surface area contributed by atoms with Gasteiger partial charge >= 0.3 is 0 Å². The molecule has 0 aliphatic carbocycles. The maximum atomic E-state index is 3.71. The van der Waals surface area contributed by atoms with Gasteiger partial charge in [0.25, 0.3) is 0 Å². The van der Waals surface area contributed by atoms with E-state index in [-0.39, 0.29) is 0 Å². The lowest BCUT2D eigenvalue weighted by Gasteiger charge is -2.10. The summed E-state index contributed by atoms with van der Waals surface area (Å²) in [5.74, 6) is 0. The molecule has 1 heterocycles. The molecule has 0 saturated heterocycles. The van der Waals surface area contributed by atoms with Gasteiger partial charge in [0.1, 0.15) is 0 Å². The molecule has 0 N–H and O–H groups in total. The van der Waals surface area contributed by atoms with Crippen molar-refractivity contribution in [2.75, 3.05) is 0 Å². The zero-order valence-corrected chi connectivity index (χ0v) is 17.7. The minimum absolute atomic E-state index is 1.11. The smallest absolute Gasteiger partial charge is 0.0547 e. The van der Waals surface area contributed by atoms with Crippen LogP contribution in [-0.4, -0.2) is 4.57 Å². The Hall–Kier alpha value is -3.10. The highest BCUT2D eigenvalue weighted by atomic mass is 79.9. The summed E-state index contributed by atoms with van der Waals surface area (Å²) in [7, 11) is 0. The lowest BCUT2D eigenvalue weighted by molar-refractivity contribution is 1.18. The number of rotatable bonds is 3. The van der Waals surface area contributed by atoms with Gasteiger partial charge in [-0.05, 0) is 53.9 Å². The summed E-state index contributed by atoms with van der Waals surface area (Å²) in [6.07, 6.45) is 4.24. The van der Waals surface area contributed by atoms with Crippen LogP contribution in [0.4, 0.5) is 0 Å². The topological polar surface area (TPSA) is 4.93 Å². The van der Waals surface area contributed by atoms with Crippen LogP contribution in [0.2, 0.25) is 0 Å². The minimum Gasteiger partial charge on any atom is -0.309 e. The summed E-state index contributed by atoms with van der Waals surface area (Å²) in [6, 6.07) is 32.5. The van der Waals surface area contributed by atoms with E-state index in [1.807, 2.05) is 0 Å². The third kappa shape index (κ3) is 3.10. The van der Waals surface area contributed by atoms with Crippen LogP contribution >= 0.6 is 15.9 Å². The Morgan fingerprint density at radius 1 is 0.724 bits per heavy atom. The Kier molecular flexibility index (Phi) is 4.57. The number of allylic oxidation sites excluding steroid dienone is 1. The molecule has 1 aromatic heterocycles. The first-order valence-electron chi connectivity index (χ1n) is 9.77. The fourth-order valence-corrected chi connectivity index (χ4v) is 4.56. The van der Waals surface area contributed by atoms with Gasteiger partial charge in [-0.15, -0.1) is 0 Å². The third-order valence-corrected chi connectivity index (χ3v) is 6.04. The molecule has 0 aliphatic heterocycles. The van der Waals surface area contributed by atoms with E-state index >= 15 is 0 Å². The summed E-state index contributed by atoms with van der Waals surface area (Å²) < 4.78 is 3.48. The quantitative estimate of drug-likeness (QED) is 0.267. The number of hydrogen-bond acceptors (Lipinski definition) is 0. The van der Waals surface area contributed by atoms with Gasteiger partial charge < -0.3 is 4.57 Å². The van der Waals surface area contributed by atoms with Gasteiger partial charge in [0, 0.05) is 20.9 Å². The van der Waals surface area contributed by atoms with Gasteiger partial charge in [0.2, 0.25) is 0 Å². The Bertz CT molecular complexity index is 1360. The molecule has 5 aromatic rings. The summed E-state index contributed by atoms with van der Waals surface area (Å²) in [5.41, 5.74) is 7.25. The van der Waals surface area contributed by atoms with Gasteiger partial charge in [-0.2, -0.15) is 0 Å². The van der Waals surface area contributed by atoms with Crippen molar-refractivity contribution in [3.63, 3.8) is 0 Å². The Balaban J connectivity index is 1.87. The minimum atomic E-state index is 1.11. The van der Waals surface area contributed by atoms with Gasteiger partial charge in [-0.1, -0.05) is 88.7 Å². The van der Waals surface area contributed by atoms with E-state index in [2.05, 4.69) is 131 Å². The van der Waals surface area contributed by atoms with Crippen molar-refractivity contribution in [2.24, 2.45) is 0 Å². The van der Waals surface area contributed by atoms with Gasteiger partial charge in [-0.25, -0.2) is 0 Å². The molecule has 0 bridgehead atoms. The van der Waals surface area contributed by atoms with E-state index in [1.165, 1.54) is 44.2 Å². The highest BCUT2D eigenvalue weighted by Crippen LogP contribution is 2.36. The molecule has 140 valence electrons. The van der Waals surface area contributed by atoms with Crippen molar-refractivity contribution < 1.29 is 0 Å². The molecular weight excluding hydrogens is 418 g/mol. The molecule has 4 aromatic carbocycles. The van der Waals surface area contributed by atoms with Gasteiger partial charge in [-0.3, -0.25) is 0 Å². The molecule has 0 unspecified atom stereocenters. The maximum Gasteiger partial charge on any atom is 0.0547 e. The Morgan fingerprint density at radius 2 is 1.41 bits per heavy atom. The molecule has 0 radical (unpaired) electrons. The van der Waals surface area contributed by atoms with E-state index in [1.54, 1.807) is 0 Å². The molecule has 0 spiro atoms. The van der Waals surface area contributed by atoms with Crippen LogP contribution in [0.5, 0.6) is 0 Å². The zero-order valence-electron chi connectivity index (χ0n) is 16.1. The highest BCUT2D eigenvalue weighted by Gasteiger charge is 2.14. The van der Waals surface area contributed by atoms with Crippen molar-refractivity contribution in [1.29, 1.82) is 0 Å². The largest absolute Gasteiger partial charge is 0.309 e. The summed E-state index contributed by atoms with van der Waals surface area (Å²) in [5, 5.41) is 2.54.